The van der Waals surface area contributed by atoms with E-state index in [1.54, 1.807) is 4.68 Å². The van der Waals surface area contributed by atoms with E-state index in [0.29, 0.717) is 25.6 Å². The summed E-state index contributed by atoms with van der Waals surface area (Å²) >= 11 is 0. The number of benzene rings is 1. The van der Waals surface area contributed by atoms with Gasteiger partial charge in [-0.05, 0) is 29.6 Å². The number of hydrogen-bond acceptors (Lipinski definition) is 7. The van der Waals surface area contributed by atoms with Gasteiger partial charge in [-0.25, -0.2) is 0 Å². The Morgan fingerprint density at radius 3 is 2.65 bits per heavy atom. The van der Waals surface area contributed by atoms with Gasteiger partial charge in [0.15, 0.2) is 6.10 Å². The van der Waals surface area contributed by atoms with Crippen molar-refractivity contribution < 1.29 is 9.53 Å². The topological polar surface area (TPSA) is 79.6 Å². The second-order valence-corrected chi connectivity index (χ2v) is 6.66. The lowest BCUT2D eigenvalue weighted by atomic mass is 10.2. The van der Waals surface area contributed by atoms with Gasteiger partial charge in [-0.1, -0.05) is 23.3 Å². The fraction of sp³-hybridized carbons (Fsp3) is 0.529. The molecule has 3 heterocycles. The first-order valence-corrected chi connectivity index (χ1v) is 8.90. The van der Waals surface area contributed by atoms with Crippen molar-refractivity contribution in [1.82, 2.24) is 30.0 Å². The summed E-state index contributed by atoms with van der Waals surface area (Å²) in [5.41, 5.74) is 0.890. The van der Waals surface area contributed by atoms with Gasteiger partial charge in [0.05, 0.1) is 18.8 Å². The number of nitrogens with zero attached hydrogens (tertiary/aromatic N) is 7. The maximum absolute atomic E-state index is 12.8. The third-order valence-electron chi connectivity index (χ3n) is 4.89. The van der Waals surface area contributed by atoms with Gasteiger partial charge in [-0.15, -0.1) is 0 Å². The molecule has 138 valence electrons. The second-order valence-electron chi connectivity index (χ2n) is 6.66. The van der Waals surface area contributed by atoms with Crippen LogP contribution in [0.5, 0.6) is 0 Å². The quantitative estimate of drug-likeness (QED) is 0.742. The number of morpholine rings is 1. The number of piperazine rings is 1. The number of carbonyl (C=O) groups excluding carboxylic acids is 1. The number of ether oxygens (including phenoxy) is 1. The van der Waals surface area contributed by atoms with Crippen LogP contribution in [0.3, 0.4) is 0 Å². The lowest BCUT2D eigenvalue weighted by Crippen LogP contribution is -2.55. The molecule has 0 radical (unpaired) electrons. The van der Waals surface area contributed by atoms with E-state index in [1.165, 1.54) is 0 Å². The van der Waals surface area contributed by atoms with Crippen LogP contribution in [0.1, 0.15) is 0 Å². The van der Waals surface area contributed by atoms with E-state index in [0.717, 1.165) is 31.9 Å². The maximum atomic E-state index is 12.8. The molecule has 0 N–H and O–H groups in total. The Kier molecular flexibility index (Phi) is 4.81. The maximum Gasteiger partial charge on any atom is 0.253 e. The number of aromatic nitrogens is 4. The van der Waals surface area contributed by atoms with Gasteiger partial charge in [0.25, 0.3) is 11.9 Å². The number of amides is 1. The first-order valence-electron chi connectivity index (χ1n) is 8.90. The van der Waals surface area contributed by atoms with Crippen molar-refractivity contribution in [3.63, 3.8) is 0 Å². The highest BCUT2D eigenvalue weighted by molar-refractivity contribution is 5.82. The summed E-state index contributed by atoms with van der Waals surface area (Å²) in [5.74, 6) is 0.692. The van der Waals surface area contributed by atoms with Gasteiger partial charge < -0.3 is 19.4 Å². The summed E-state index contributed by atoms with van der Waals surface area (Å²) in [4.78, 5) is 19.0. The molecule has 2 fully saturated rings. The van der Waals surface area contributed by atoms with Gasteiger partial charge in [0, 0.05) is 32.7 Å². The molecule has 9 nitrogen and oxygen atoms in total. The molecule has 1 amide bonds. The SMILES string of the molecule is CN1CCN(C(=O)C2CN(c3nnnn3-c3ccccc3)CCO2)CC1. The summed E-state index contributed by atoms with van der Waals surface area (Å²) in [5, 5.41) is 12.1. The molecule has 2 aromatic rings. The van der Waals surface area contributed by atoms with Gasteiger partial charge in [0.2, 0.25) is 0 Å². The molecule has 2 aliphatic heterocycles. The first kappa shape index (κ1) is 16.9. The zero-order valence-electron chi connectivity index (χ0n) is 14.9. The van der Waals surface area contributed by atoms with E-state index in [1.807, 2.05) is 40.1 Å². The monoisotopic (exact) mass is 357 g/mol. The summed E-state index contributed by atoms with van der Waals surface area (Å²) in [6, 6.07) is 9.74. The van der Waals surface area contributed by atoms with Gasteiger partial charge >= 0.3 is 0 Å². The van der Waals surface area contributed by atoms with Crippen LogP contribution in [0.15, 0.2) is 30.3 Å². The Bertz CT molecular complexity index is 743. The fourth-order valence-electron chi connectivity index (χ4n) is 3.33. The fourth-order valence-corrected chi connectivity index (χ4v) is 3.33. The molecule has 1 aromatic carbocycles. The Labute approximate surface area is 152 Å². The van der Waals surface area contributed by atoms with Crippen LogP contribution in [0.4, 0.5) is 5.95 Å². The molecule has 4 rings (SSSR count). The molecule has 0 saturated carbocycles. The number of likely N-dealkylation sites (N-methyl/N-ethyl adjacent to an activating group) is 1. The molecule has 26 heavy (non-hydrogen) atoms. The third kappa shape index (κ3) is 3.40. The van der Waals surface area contributed by atoms with Crippen LogP contribution in [0, 0.1) is 0 Å². The average Bonchev–Trinajstić information content (AvgIpc) is 3.19. The highest BCUT2D eigenvalue weighted by Crippen LogP contribution is 2.19. The van der Waals surface area contributed by atoms with Crippen LogP contribution in [0.2, 0.25) is 0 Å². The minimum atomic E-state index is -0.479. The minimum Gasteiger partial charge on any atom is -0.365 e. The number of rotatable bonds is 3. The highest BCUT2D eigenvalue weighted by atomic mass is 16.5. The van der Waals surface area contributed by atoms with E-state index in [4.69, 9.17) is 4.74 Å². The lowest BCUT2D eigenvalue weighted by Gasteiger charge is -2.38. The van der Waals surface area contributed by atoms with Crippen LogP contribution < -0.4 is 4.90 Å². The van der Waals surface area contributed by atoms with E-state index < -0.39 is 6.10 Å². The van der Waals surface area contributed by atoms with Crippen molar-refractivity contribution in [2.45, 2.75) is 6.10 Å². The van der Waals surface area contributed by atoms with E-state index in [9.17, 15) is 4.79 Å². The van der Waals surface area contributed by atoms with Crippen LogP contribution in [0.25, 0.3) is 5.69 Å². The molecular formula is C17H23N7O2. The molecule has 1 unspecified atom stereocenters. The highest BCUT2D eigenvalue weighted by Gasteiger charge is 2.33. The smallest absolute Gasteiger partial charge is 0.253 e. The molecular weight excluding hydrogens is 334 g/mol. The van der Waals surface area contributed by atoms with Crippen molar-refractivity contribution >= 4 is 11.9 Å². The van der Waals surface area contributed by atoms with Crippen molar-refractivity contribution in [2.75, 3.05) is 57.8 Å². The van der Waals surface area contributed by atoms with E-state index in [2.05, 4.69) is 27.5 Å². The molecule has 0 bridgehead atoms. The van der Waals surface area contributed by atoms with Crippen molar-refractivity contribution in [2.24, 2.45) is 0 Å². The molecule has 1 atom stereocenters. The molecule has 1 aromatic heterocycles. The van der Waals surface area contributed by atoms with Crippen LogP contribution >= 0.6 is 0 Å². The van der Waals surface area contributed by atoms with Gasteiger partial charge in [-0.3, -0.25) is 4.79 Å². The summed E-state index contributed by atoms with van der Waals surface area (Å²) in [6.07, 6.45) is -0.479. The van der Waals surface area contributed by atoms with Crippen molar-refractivity contribution in [3.8, 4) is 5.69 Å². The largest absolute Gasteiger partial charge is 0.365 e. The summed E-state index contributed by atoms with van der Waals surface area (Å²) in [6.45, 7) is 4.88. The second kappa shape index (κ2) is 7.38. The third-order valence-corrected chi connectivity index (χ3v) is 4.89. The minimum absolute atomic E-state index is 0.0570. The Balaban J connectivity index is 1.48. The van der Waals surface area contributed by atoms with Gasteiger partial charge in [0.1, 0.15) is 0 Å². The Hall–Kier alpha value is -2.52. The Morgan fingerprint density at radius 2 is 1.88 bits per heavy atom. The predicted octanol–water partition coefficient (Wildman–Crippen LogP) is -0.358. The lowest BCUT2D eigenvalue weighted by molar-refractivity contribution is -0.146. The predicted molar refractivity (Wildman–Crippen MR) is 95.2 cm³/mol. The zero-order chi connectivity index (χ0) is 17.9. The van der Waals surface area contributed by atoms with Gasteiger partial charge in [-0.2, -0.15) is 4.68 Å². The molecule has 9 heteroatoms. The van der Waals surface area contributed by atoms with Crippen molar-refractivity contribution in [3.05, 3.63) is 30.3 Å². The molecule has 2 saturated heterocycles. The van der Waals surface area contributed by atoms with Crippen molar-refractivity contribution in [1.29, 1.82) is 0 Å². The normalized spacial score (nSPS) is 21.8. The number of tetrazole rings is 1. The number of anilines is 1. The van der Waals surface area contributed by atoms with Crippen LogP contribution in [-0.2, 0) is 9.53 Å². The Morgan fingerprint density at radius 1 is 1.12 bits per heavy atom. The van der Waals surface area contributed by atoms with E-state index in [-0.39, 0.29) is 5.91 Å². The average molecular weight is 357 g/mol. The van der Waals surface area contributed by atoms with E-state index >= 15 is 0 Å². The number of hydrogen-bond donors (Lipinski definition) is 0. The summed E-state index contributed by atoms with van der Waals surface area (Å²) < 4.78 is 7.47. The first-order chi connectivity index (χ1) is 12.7. The molecule has 2 aliphatic rings. The van der Waals surface area contributed by atoms with Crippen LogP contribution in [-0.4, -0.2) is 94.9 Å². The molecule has 0 spiro atoms. The molecule has 0 aliphatic carbocycles. The number of para-hydroxylation sites is 1. The number of carbonyl (C=O) groups is 1. The standard InChI is InChI=1S/C17H23N7O2/c1-21-7-9-22(10-8-21)16(25)15-13-23(11-12-26-15)17-18-19-20-24(17)14-5-3-2-4-6-14/h2-6,15H,7-13H2,1H3. The zero-order valence-corrected chi connectivity index (χ0v) is 14.9. The summed E-state index contributed by atoms with van der Waals surface area (Å²) in [7, 11) is 2.07.